The highest BCUT2D eigenvalue weighted by Gasteiger charge is 2.26. The average Bonchev–Trinajstić information content (AvgIpc) is 2.81. The summed E-state index contributed by atoms with van der Waals surface area (Å²) >= 11 is 12.1. The number of fused-ring (bicyclic) bond motifs is 1. The van der Waals surface area contributed by atoms with Gasteiger partial charge in [0.2, 0.25) is 5.91 Å². The van der Waals surface area contributed by atoms with E-state index in [2.05, 4.69) is 0 Å². The molecule has 0 radical (unpaired) electrons. The lowest BCUT2D eigenvalue weighted by Crippen LogP contribution is -2.46. The van der Waals surface area contributed by atoms with Gasteiger partial charge in [-0.25, -0.2) is 0 Å². The number of rotatable bonds is 8. The molecule has 0 unspecified atom stereocenters. The first kappa shape index (κ1) is 25.1. The molecular formula is C24H29Cl2N3O4. The molecule has 3 rings (SSSR count). The third kappa shape index (κ3) is 6.10. The summed E-state index contributed by atoms with van der Waals surface area (Å²) in [7, 11) is 7.04. The maximum atomic E-state index is 13.2. The second-order valence-corrected chi connectivity index (χ2v) is 9.01. The van der Waals surface area contributed by atoms with Gasteiger partial charge in [-0.3, -0.25) is 9.59 Å². The first-order valence-electron chi connectivity index (χ1n) is 10.6. The third-order valence-electron chi connectivity index (χ3n) is 5.67. The highest BCUT2D eigenvalue weighted by molar-refractivity contribution is 6.42. The zero-order valence-corrected chi connectivity index (χ0v) is 20.9. The van der Waals surface area contributed by atoms with E-state index < -0.39 is 0 Å². The molecule has 1 heterocycles. The minimum absolute atomic E-state index is 0.0183. The Morgan fingerprint density at radius 3 is 2.24 bits per heavy atom. The largest absolute Gasteiger partial charge is 0.493 e. The molecule has 0 saturated carbocycles. The van der Waals surface area contributed by atoms with Crippen LogP contribution in [0.25, 0.3) is 0 Å². The molecule has 0 fully saturated rings. The number of amides is 2. The standard InChI is InChI=1S/C24H29Cl2N3O4/c1-27(2)9-10-29(24(31)17-5-6-19(25)20(26)11-17)15-23(30)28-8-7-16-12-21(32-3)22(33-4)13-18(16)14-28/h5-6,11-13H,7-10,14-15H2,1-4H3. The Hall–Kier alpha value is -2.48. The van der Waals surface area contributed by atoms with Crippen LogP contribution in [-0.2, 0) is 17.8 Å². The molecule has 2 aromatic rings. The minimum atomic E-state index is -0.257. The summed E-state index contributed by atoms with van der Waals surface area (Å²) in [5.74, 6) is 0.946. The molecule has 2 amide bonds. The maximum absolute atomic E-state index is 13.2. The second-order valence-electron chi connectivity index (χ2n) is 8.20. The van der Waals surface area contributed by atoms with Crippen LogP contribution in [0.4, 0.5) is 0 Å². The molecule has 0 N–H and O–H groups in total. The molecule has 0 spiro atoms. The summed E-state index contributed by atoms with van der Waals surface area (Å²) in [6.45, 7) is 2.05. The lowest BCUT2D eigenvalue weighted by molar-refractivity contribution is -0.132. The molecule has 7 nitrogen and oxygen atoms in total. The van der Waals surface area contributed by atoms with E-state index in [9.17, 15) is 9.59 Å². The number of benzene rings is 2. The molecule has 0 bridgehead atoms. The van der Waals surface area contributed by atoms with Gasteiger partial charge in [0, 0.05) is 31.7 Å². The van der Waals surface area contributed by atoms with Crippen LogP contribution in [0.3, 0.4) is 0 Å². The highest BCUT2D eigenvalue weighted by Crippen LogP contribution is 2.33. The van der Waals surface area contributed by atoms with Crippen molar-refractivity contribution >= 4 is 35.0 Å². The van der Waals surface area contributed by atoms with Gasteiger partial charge < -0.3 is 24.2 Å². The minimum Gasteiger partial charge on any atom is -0.493 e. The van der Waals surface area contributed by atoms with Crippen molar-refractivity contribution in [1.29, 1.82) is 0 Å². The van der Waals surface area contributed by atoms with Crippen LogP contribution in [0, 0.1) is 0 Å². The smallest absolute Gasteiger partial charge is 0.254 e. The van der Waals surface area contributed by atoms with Gasteiger partial charge in [-0.15, -0.1) is 0 Å². The summed E-state index contributed by atoms with van der Waals surface area (Å²) in [5.41, 5.74) is 2.55. The molecule has 178 valence electrons. The Balaban J connectivity index is 1.76. The third-order valence-corrected chi connectivity index (χ3v) is 6.41. The van der Waals surface area contributed by atoms with Crippen molar-refractivity contribution in [2.24, 2.45) is 0 Å². The van der Waals surface area contributed by atoms with Crippen molar-refractivity contribution in [2.75, 3.05) is 54.5 Å². The Morgan fingerprint density at radius 1 is 0.970 bits per heavy atom. The topological polar surface area (TPSA) is 62.3 Å². The van der Waals surface area contributed by atoms with Crippen LogP contribution in [0.15, 0.2) is 30.3 Å². The average molecular weight is 494 g/mol. The predicted octanol–water partition coefficient (Wildman–Crippen LogP) is 3.60. The van der Waals surface area contributed by atoms with E-state index >= 15 is 0 Å². The van der Waals surface area contributed by atoms with Gasteiger partial charge in [0.25, 0.3) is 5.91 Å². The number of halogens is 2. The molecule has 1 aliphatic rings. The molecule has 9 heteroatoms. The maximum Gasteiger partial charge on any atom is 0.254 e. The van der Waals surface area contributed by atoms with Crippen molar-refractivity contribution < 1.29 is 19.1 Å². The Bertz CT molecular complexity index is 1030. The summed E-state index contributed by atoms with van der Waals surface area (Å²) in [6.07, 6.45) is 0.708. The second kappa shape index (κ2) is 11.1. The predicted molar refractivity (Wildman–Crippen MR) is 130 cm³/mol. The Morgan fingerprint density at radius 2 is 1.64 bits per heavy atom. The molecule has 33 heavy (non-hydrogen) atoms. The molecule has 0 saturated heterocycles. The molecule has 2 aromatic carbocycles. The van der Waals surface area contributed by atoms with Crippen molar-refractivity contribution in [3.8, 4) is 11.5 Å². The monoisotopic (exact) mass is 493 g/mol. The Kier molecular flexibility index (Phi) is 8.46. The molecular weight excluding hydrogens is 465 g/mol. The number of likely N-dealkylation sites (N-methyl/N-ethyl adjacent to an activating group) is 1. The number of methoxy groups -OCH3 is 2. The zero-order chi connectivity index (χ0) is 24.1. The number of nitrogens with zero attached hydrogens (tertiary/aromatic N) is 3. The lowest BCUT2D eigenvalue weighted by atomic mass is 9.98. The van der Waals surface area contributed by atoms with Gasteiger partial charge >= 0.3 is 0 Å². The highest BCUT2D eigenvalue weighted by atomic mass is 35.5. The van der Waals surface area contributed by atoms with Crippen LogP contribution in [0.5, 0.6) is 11.5 Å². The van der Waals surface area contributed by atoms with Gasteiger partial charge in [0.1, 0.15) is 6.54 Å². The lowest BCUT2D eigenvalue weighted by Gasteiger charge is -2.32. The van der Waals surface area contributed by atoms with Crippen LogP contribution in [-0.4, -0.2) is 81.0 Å². The number of ether oxygens (including phenoxy) is 2. The fourth-order valence-electron chi connectivity index (χ4n) is 3.74. The molecule has 1 aliphatic heterocycles. The first-order valence-corrected chi connectivity index (χ1v) is 11.4. The van der Waals surface area contributed by atoms with Crippen LogP contribution in [0.1, 0.15) is 21.5 Å². The number of hydrogen-bond acceptors (Lipinski definition) is 5. The fraction of sp³-hybridized carbons (Fsp3) is 0.417. The van der Waals surface area contributed by atoms with E-state index in [0.29, 0.717) is 59.7 Å². The van der Waals surface area contributed by atoms with E-state index in [1.54, 1.807) is 36.2 Å². The summed E-state index contributed by atoms with van der Waals surface area (Å²) in [5, 5.41) is 0.682. The van der Waals surface area contributed by atoms with Crippen LogP contribution >= 0.6 is 23.2 Å². The van der Waals surface area contributed by atoms with E-state index in [1.165, 1.54) is 6.07 Å². The van der Waals surface area contributed by atoms with E-state index in [0.717, 1.165) is 11.1 Å². The van der Waals surface area contributed by atoms with Crippen LogP contribution in [0.2, 0.25) is 10.0 Å². The van der Waals surface area contributed by atoms with Crippen molar-refractivity contribution in [3.05, 3.63) is 57.1 Å². The first-order chi connectivity index (χ1) is 15.7. The van der Waals surface area contributed by atoms with E-state index in [1.807, 2.05) is 31.1 Å². The van der Waals surface area contributed by atoms with Crippen molar-refractivity contribution in [1.82, 2.24) is 14.7 Å². The number of carbonyl (C=O) groups excluding carboxylic acids is 2. The quantitative estimate of drug-likeness (QED) is 0.562. The van der Waals surface area contributed by atoms with Gasteiger partial charge in [-0.05, 0) is 62.0 Å². The summed E-state index contributed by atoms with van der Waals surface area (Å²) in [6, 6.07) is 8.63. The summed E-state index contributed by atoms with van der Waals surface area (Å²) < 4.78 is 10.8. The Labute approximate surface area is 204 Å². The van der Waals surface area contributed by atoms with Gasteiger partial charge in [-0.1, -0.05) is 23.2 Å². The van der Waals surface area contributed by atoms with Crippen molar-refractivity contribution in [3.63, 3.8) is 0 Å². The summed E-state index contributed by atoms with van der Waals surface area (Å²) in [4.78, 5) is 31.7. The molecule has 0 aromatic heterocycles. The van der Waals surface area contributed by atoms with Crippen LogP contribution < -0.4 is 9.47 Å². The zero-order valence-electron chi connectivity index (χ0n) is 19.4. The molecule has 0 atom stereocenters. The molecule has 0 aliphatic carbocycles. The number of carbonyl (C=O) groups is 2. The fourth-order valence-corrected chi connectivity index (χ4v) is 4.04. The van der Waals surface area contributed by atoms with Gasteiger partial charge in [0.05, 0.1) is 24.3 Å². The van der Waals surface area contributed by atoms with Gasteiger partial charge in [0.15, 0.2) is 11.5 Å². The number of hydrogen-bond donors (Lipinski definition) is 0. The van der Waals surface area contributed by atoms with Crippen molar-refractivity contribution in [2.45, 2.75) is 13.0 Å². The normalized spacial score (nSPS) is 13.0. The van der Waals surface area contributed by atoms with Gasteiger partial charge in [-0.2, -0.15) is 0 Å². The SMILES string of the molecule is COc1cc2c(cc1OC)CN(C(=O)CN(CCN(C)C)C(=O)c1ccc(Cl)c(Cl)c1)CC2. The van der Waals surface area contributed by atoms with E-state index in [-0.39, 0.29) is 18.4 Å². The van der Waals surface area contributed by atoms with E-state index in [4.69, 9.17) is 32.7 Å².